The Labute approximate surface area is 155 Å². The van der Waals surface area contributed by atoms with E-state index in [1.54, 1.807) is 40.8 Å². The van der Waals surface area contributed by atoms with Gasteiger partial charge in [-0.05, 0) is 18.6 Å². The van der Waals surface area contributed by atoms with Crippen molar-refractivity contribution in [3.8, 4) is 0 Å². The summed E-state index contributed by atoms with van der Waals surface area (Å²) < 4.78 is 8.90. The Bertz CT molecular complexity index is 935. The number of aromatic nitrogens is 3. The lowest BCUT2D eigenvalue weighted by Gasteiger charge is -2.33. The van der Waals surface area contributed by atoms with Gasteiger partial charge in [-0.25, -0.2) is 9.48 Å². The molecular formula is C18H21N5O4. The largest absolute Gasteiger partial charge is 0.363 e. The minimum absolute atomic E-state index is 0.0676. The van der Waals surface area contributed by atoms with Crippen LogP contribution in [0.5, 0.6) is 0 Å². The molecule has 2 aliphatic heterocycles. The van der Waals surface area contributed by atoms with Crippen LogP contribution in [-0.4, -0.2) is 56.3 Å². The maximum absolute atomic E-state index is 12.5. The van der Waals surface area contributed by atoms with E-state index in [-0.39, 0.29) is 30.7 Å². The van der Waals surface area contributed by atoms with E-state index in [1.807, 2.05) is 6.07 Å². The van der Waals surface area contributed by atoms with Crippen LogP contribution in [0.1, 0.15) is 22.6 Å². The first-order chi connectivity index (χ1) is 13.0. The van der Waals surface area contributed by atoms with Gasteiger partial charge in [-0.3, -0.25) is 14.2 Å². The number of carbonyl (C=O) groups is 2. The van der Waals surface area contributed by atoms with Gasteiger partial charge in [-0.2, -0.15) is 5.10 Å². The molecule has 0 bridgehead atoms. The van der Waals surface area contributed by atoms with Gasteiger partial charge in [0.15, 0.2) is 5.82 Å². The average Bonchev–Trinajstić information content (AvgIpc) is 3.22. The van der Waals surface area contributed by atoms with Gasteiger partial charge in [-0.15, -0.1) is 0 Å². The molecule has 0 saturated carbocycles. The minimum atomic E-state index is -0.570. The van der Waals surface area contributed by atoms with E-state index in [0.29, 0.717) is 37.4 Å². The highest BCUT2D eigenvalue weighted by molar-refractivity contribution is 5.96. The summed E-state index contributed by atoms with van der Waals surface area (Å²) in [5.74, 6) is 0.162. The van der Waals surface area contributed by atoms with E-state index in [9.17, 15) is 14.4 Å². The Kier molecular flexibility index (Phi) is 4.31. The zero-order chi connectivity index (χ0) is 19.0. The fourth-order valence-corrected chi connectivity index (χ4v) is 3.64. The summed E-state index contributed by atoms with van der Waals surface area (Å²) in [6.45, 7) is 1.50. The number of benzene rings is 1. The molecule has 0 radical (unpaired) electrons. The molecule has 2 aromatic rings. The third-order valence-electron chi connectivity index (χ3n) is 5.14. The summed E-state index contributed by atoms with van der Waals surface area (Å²) in [4.78, 5) is 38.4. The van der Waals surface area contributed by atoms with E-state index in [1.165, 1.54) is 4.68 Å². The molecule has 1 fully saturated rings. The van der Waals surface area contributed by atoms with E-state index in [0.717, 1.165) is 0 Å². The second-order valence-corrected chi connectivity index (χ2v) is 6.99. The highest BCUT2D eigenvalue weighted by Gasteiger charge is 2.44. The van der Waals surface area contributed by atoms with Crippen molar-refractivity contribution in [3.05, 3.63) is 52.2 Å². The molecule has 4 rings (SSSR count). The van der Waals surface area contributed by atoms with Gasteiger partial charge in [0.05, 0.1) is 19.6 Å². The molecular weight excluding hydrogens is 350 g/mol. The lowest BCUT2D eigenvalue weighted by atomic mass is 10.0. The molecule has 1 aromatic carbocycles. The number of ether oxygens (including phenoxy) is 1. The molecule has 1 atom stereocenters. The molecule has 142 valence electrons. The Morgan fingerprint density at radius 2 is 2.04 bits per heavy atom. The fraction of sp³-hybridized carbons (Fsp3) is 0.444. The molecule has 1 spiro atoms. The number of hydrogen-bond donors (Lipinski definition) is 1. The first kappa shape index (κ1) is 17.5. The molecule has 1 saturated heterocycles. The highest BCUT2D eigenvalue weighted by atomic mass is 16.5. The van der Waals surface area contributed by atoms with Crippen LogP contribution in [0, 0.1) is 0 Å². The summed E-state index contributed by atoms with van der Waals surface area (Å²) in [6, 6.07) is 8.77. The van der Waals surface area contributed by atoms with Crippen LogP contribution in [0.4, 0.5) is 0 Å². The number of aryl methyl sites for hydroxylation is 1. The Morgan fingerprint density at radius 1 is 1.26 bits per heavy atom. The number of rotatable bonds is 3. The first-order valence-corrected chi connectivity index (χ1v) is 8.85. The Balaban J connectivity index is 1.37. The van der Waals surface area contributed by atoms with Crippen LogP contribution in [-0.2, 0) is 29.7 Å². The van der Waals surface area contributed by atoms with Crippen LogP contribution in [0.15, 0.2) is 35.1 Å². The molecule has 2 aliphatic rings. The molecule has 3 heterocycles. The summed E-state index contributed by atoms with van der Waals surface area (Å²) in [5, 5.41) is 6.81. The molecule has 9 nitrogen and oxygen atoms in total. The Morgan fingerprint density at radius 3 is 2.81 bits per heavy atom. The third-order valence-corrected chi connectivity index (χ3v) is 5.14. The van der Waals surface area contributed by atoms with Crippen molar-refractivity contribution in [2.24, 2.45) is 7.05 Å². The molecule has 27 heavy (non-hydrogen) atoms. The normalized spacial score (nSPS) is 21.3. The predicted molar refractivity (Wildman–Crippen MR) is 95.0 cm³/mol. The van der Waals surface area contributed by atoms with Crippen molar-refractivity contribution in [3.63, 3.8) is 0 Å². The van der Waals surface area contributed by atoms with Crippen LogP contribution < -0.4 is 11.0 Å². The van der Waals surface area contributed by atoms with Gasteiger partial charge < -0.3 is 15.0 Å². The topological polar surface area (TPSA) is 98.5 Å². The van der Waals surface area contributed by atoms with Gasteiger partial charge in [-0.1, -0.05) is 18.2 Å². The summed E-state index contributed by atoms with van der Waals surface area (Å²) in [7, 11) is 1.61. The molecule has 1 N–H and O–H groups in total. The van der Waals surface area contributed by atoms with Crippen molar-refractivity contribution < 1.29 is 14.3 Å². The first-order valence-electron chi connectivity index (χ1n) is 8.85. The van der Waals surface area contributed by atoms with E-state index in [2.05, 4.69) is 10.4 Å². The smallest absolute Gasteiger partial charge is 0.345 e. The van der Waals surface area contributed by atoms with E-state index in [4.69, 9.17) is 4.74 Å². The second-order valence-electron chi connectivity index (χ2n) is 6.99. The molecule has 2 amide bonds. The lowest BCUT2D eigenvalue weighted by molar-refractivity contribution is -0.132. The summed E-state index contributed by atoms with van der Waals surface area (Å²) >= 11 is 0. The molecule has 0 aliphatic carbocycles. The van der Waals surface area contributed by atoms with Crippen LogP contribution >= 0.6 is 0 Å². The highest BCUT2D eigenvalue weighted by Crippen LogP contribution is 2.31. The second kappa shape index (κ2) is 6.66. The van der Waals surface area contributed by atoms with Crippen LogP contribution in [0.25, 0.3) is 0 Å². The van der Waals surface area contributed by atoms with Crippen LogP contribution in [0.2, 0.25) is 0 Å². The molecule has 9 heteroatoms. The number of amides is 2. The Hall–Kier alpha value is -2.94. The standard InChI is InChI=1S/C18H21N5O4/c1-21-17(26)23-12-18(27-10-14(23)20-21)7-8-22(11-18)15(24)9-19-16(25)13-5-3-2-4-6-13/h2-6H,7-12H2,1H3,(H,19,25). The molecule has 1 aromatic heterocycles. The summed E-state index contributed by atoms with van der Waals surface area (Å²) in [6.07, 6.45) is 0.645. The fourth-order valence-electron chi connectivity index (χ4n) is 3.64. The van der Waals surface area contributed by atoms with Crippen molar-refractivity contribution in [1.82, 2.24) is 24.6 Å². The number of fused-ring (bicyclic) bond motifs is 1. The zero-order valence-corrected chi connectivity index (χ0v) is 15.1. The number of nitrogens with zero attached hydrogens (tertiary/aromatic N) is 4. The van der Waals surface area contributed by atoms with E-state index >= 15 is 0 Å². The maximum Gasteiger partial charge on any atom is 0.345 e. The quantitative estimate of drug-likeness (QED) is 0.785. The zero-order valence-electron chi connectivity index (χ0n) is 15.1. The van der Waals surface area contributed by atoms with Gasteiger partial charge in [0.2, 0.25) is 5.91 Å². The number of hydrogen-bond acceptors (Lipinski definition) is 5. The minimum Gasteiger partial charge on any atom is -0.363 e. The van der Waals surface area contributed by atoms with Gasteiger partial charge >= 0.3 is 5.69 Å². The molecule has 1 unspecified atom stereocenters. The average molecular weight is 371 g/mol. The van der Waals surface area contributed by atoms with Crippen molar-refractivity contribution in [1.29, 1.82) is 0 Å². The third kappa shape index (κ3) is 3.25. The van der Waals surface area contributed by atoms with Crippen LogP contribution in [0.3, 0.4) is 0 Å². The number of likely N-dealkylation sites (tertiary alicyclic amines) is 1. The monoisotopic (exact) mass is 371 g/mol. The number of nitrogens with one attached hydrogen (secondary N) is 1. The van der Waals surface area contributed by atoms with Crippen molar-refractivity contribution >= 4 is 11.8 Å². The predicted octanol–water partition coefficient (Wildman–Crippen LogP) is -0.487. The van der Waals surface area contributed by atoms with Crippen molar-refractivity contribution in [2.75, 3.05) is 19.6 Å². The van der Waals surface area contributed by atoms with E-state index < -0.39 is 5.60 Å². The van der Waals surface area contributed by atoms with Gasteiger partial charge in [0.1, 0.15) is 12.2 Å². The summed E-state index contributed by atoms with van der Waals surface area (Å²) in [5.41, 5.74) is -0.228. The van der Waals surface area contributed by atoms with Gasteiger partial charge in [0, 0.05) is 19.2 Å². The number of carbonyl (C=O) groups excluding carboxylic acids is 2. The van der Waals surface area contributed by atoms with Crippen molar-refractivity contribution in [2.45, 2.75) is 25.2 Å². The lowest BCUT2D eigenvalue weighted by Crippen LogP contribution is -2.48. The van der Waals surface area contributed by atoms with Gasteiger partial charge in [0.25, 0.3) is 5.91 Å². The SMILES string of the molecule is Cn1nc2n(c1=O)CC1(CCN(C(=O)CNC(=O)c3ccccc3)C1)OC2. The maximum atomic E-state index is 12.5.